The van der Waals surface area contributed by atoms with Crippen LogP contribution in [0.3, 0.4) is 0 Å². The average Bonchev–Trinajstić information content (AvgIpc) is 2.43. The van der Waals surface area contributed by atoms with Gasteiger partial charge in [-0.1, -0.05) is 29.3 Å². The van der Waals surface area contributed by atoms with Gasteiger partial charge in [-0.3, -0.25) is 4.72 Å². The van der Waals surface area contributed by atoms with Crippen LogP contribution in [0.25, 0.3) is 0 Å². The molecule has 0 atom stereocenters. The van der Waals surface area contributed by atoms with Gasteiger partial charge in [0.05, 0.1) is 10.7 Å². The van der Waals surface area contributed by atoms with Crippen molar-refractivity contribution in [3.8, 4) is 0 Å². The SMILES string of the molecule is CNc1ncc(S(=O)(=O)Nc2cccc(Cl)c2C)cc1Cl. The number of halogens is 2. The van der Waals surface area contributed by atoms with Crippen molar-refractivity contribution < 1.29 is 8.42 Å². The van der Waals surface area contributed by atoms with Gasteiger partial charge in [0.1, 0.15) is 10.7 Å². The third-order valence-electron chi connectivity index (χ3n) is 2.88. The Labute approximate surface area is 133 Å². The van der Waals surface area contributed by atoms with E-state index in [-0.39, 0.29) is 9.92 Å². The van der Waals surface area contributed by atoms with E-state index in [4.69, 9.17) is 23.2 Å². The van der Waals surface area contributed by atoms with Crippen LogP contribution in [-0.4, -0.2) is 20.4 Å². The summed E-state index contributed by atoms with van der Waals surface area (Å²) in [5.74, 6) is 0.412. The molecule has 0 saturated heterocycles. The van der Waals surface area contributed by atoms with Gasteiger partial charge < -0.3 is 5.32 Å². The molecule has 0 fully saturated rings. The van der Waals surface area contributed by atoms with Gasteiger partial charge in [-0.2, -0.15) is 0 Å². The zero-order valence-corrected chi connectivity index (χ0v) is 13.6. The van der Waals surface area contributed by atoms with Gasteiger partial charge in [0.25, 0.3) is 10.0 Å². The molecule has 0 aliphatic heterocycles. The van der Waals surface area contributed by atoms with Gasteiger partial charge in [0, 0.05) is 18.3 Å². The normalized spacial score (nSPS) is 11.2. The monoisotopic (exact) mass is 345 g/mol. The molecule has 0 bridgehead atoms. The highest BCUT2D eigenvalue weighted by atomic mass is 35.5. The Morgan fingerprint density at radius 1 is 1.19 bits per heavy atom. The van der Waals surface area contributed by atoms with E-state index in [9.17, 15) is 8.42 Å². The van der Waals surface area contributed by atoms with Crippen LogP contribution in [-0.2, 0) is 10.0 Å². The topological polar surface area (TPSA) is 71.1 Å². The standard InChI is InChI=1S/C13H13Cl2N3O2S/c1-8-10(14)4-3-5-12(8)18-21(19,20)9-6-11(15)13(16-2)17-7-9/h3-7,18H,1-2H3,(H,16,17). The summed E-state index contributed by atoms with van der Waals surface area (Å²) in [4.78, 5) is 3.93. The Balaban J connectivity index is 2.39. The smallest absolute Gasteiger partial charge is 0.263 e. The second kappa shape index (κ2) is 6.09. The highest BCUT2D eigenvalue weighted by molar-refractivity contribution is 7.92. The number of hydrogen-bond acceptors (Lipinski definition) is 4. The lowest BCUT2D eigenvalue weighted by molar-refractivity contribution is 0.601. The van der Waals surface area contributed by atoms with Gasteiger partial charge >= 0.3 is 0 Å². The summed E-state index contributed by atoms with van der Waals surface area (Å²) in [7, 11) is -2.13. The van der Waals surface area contributed by atoms with E-state index in [1.165, 1.54) is 12.3 Å². The summed E-state index contributed by atoms with van der Waals surface area (Å²) in [6.45, 7) is 1.73. The summed E-state index contributed by atoms with van der Waals surface area (Å²) in [5, 5.41) is 3.47. The molecule has 0 aliphatic carbocycles. The predicted octanol–water partition coefficient (Wildman–Crippen LogP) is 3.54. The molecule has 0 amide bonds. The van der Waals surface area contributed by atoms with Gasteiger partial charge in [-0.05, 0) is 30.7 Å². The van der Waals surface area contributed by atoms with Crippen molar-refractivity contribution in [3.05, 3.63) is 46.1 Å². The minimum atomic E-state index is -3.78. The molecule has 2 rings (SSSR count). The van der Waals surface area contributed by atoms with E-state index in [0.29, 0.717) is 22.1 Å². The van der Waals surface area contributed by atoms with Gasteiger partial charge in [-0.15, -0.1) is 0 Å². The molecule has 0 radical (unpaired) electrons. The van der Waals surface area contributed by atoms with E-state index in [0.717, 1.165) is 0 Å². The van der Waals surface area contributed by atoms with Crippen LogP contribution in [0.15, 0.2) is 35.4 Å². The van der Waals surface area contributed by atoms with E-state index >= 15 is 0 Å². The van der Waals surface area contributed by atoms with Crippen LogP contribution >= 0.6 is 23.2 Å². The number of nitrogens with one attached hydrogen (secondary N) is 2. The zero-order chi connectivity index (χ0) is 15.6. The Hall–Kier alpha value is -1.50. The fourth-order valence-corrected chi connectivity index (χ4v) is 3.27. The van der Waals surface area contributed by atoms with Gasteiger partial charge in [0.15, 0.2) is 0 Å². The summed E-state index contributed by atoms with van der Waals surface area (Å²) in [6, 6.07) is 6.33. The lowest BCUT2D eigenvalue weighted by atomic mass is 10.2. The van der Waals surface area contributed by atoms with Crippen molar-refractivity contribution in [1.29, 1.82) is 0 Å². The molecule has 1 aromatic heterocycles. The lowest BCUT2D eigenvalue weighted by Gasteiger charge is -2.12. The molecule has 2 aromatic rings. The van der Waals surface area contributed by atoms with E-state index in [1.807, 2.05) is 0 Å². The summed E-state index contributed by atoms with van der Waals surface area (Å²) >= 11 is 11.9. The number of sulfonamides is 1. The molecular formula is C13H13Cl2N3O2S. The van der Waals surface area contributed by atoms with Gasteiger partial charge in [0.2, 0.25) is 0 Å². The zero-order valence-electron chi connectivity index (χ0n) is 11.3. The lowest BCUT2D eigenvalue weighted by Crippen LogP contribution is -2.14. The van der Waals surface area contributed by atoms with Crippen LogP contribution in [0.4, 0.5) is 11.5 Å². The minimum Gasteiger partial charge on any atom is -0.372 e. The van der Waals surface area contributed by atoms with Crippen LogP contribution < -0.4 is 10.0 Å². The quantitative estimate of drug-likeness (QED) is 0.888. The van der Waals surface area contributed by atoms with Crippen molar-refractivity contribution >= 4 is 44.7 Å². The molecular weight excluding hydrogens is 333 g/mol. The Morgan fingerprint density at radius 2 is 1.90 bits per heavy atom. The summed E-state index contributed by atoms with van der Waals surface area (Å²) in [6.07, 6.45) is 1.24. The molecule has 0 saturated carbocycles. The second-order valence-corrected chi connectivity index (χ2v) is 6.77. The number of hydrogen-bond donors (Lipinski definition) is 2. The molecule has 8 heteroatoms. The minimum absolute atomic E-state index is 0.0223. The predicted molar refractivity (Wildman–Crippen MR) is 85.8 cm³/mol. The number of nitrogens with zero attached hydrogens (tertiary/aromatic N) is 1. The van der Waals surface area contributed by atoms with Crippen molar-refractivity contribution in [2.24, 2.45) is 0 Å². The number of aromatic nitrogens is 1. The molecule has 0 spiro atoms. The highest BCUT2D eigenvalue weighted by Crippen LogP contribution is 2.27. The van der Waals surface area contributed by atoms with E-state index in [1.54, 1.807) is 32.2 Å². The van der Waals surface area contributed by atoms with Crippen molar-refractivity contribution in [3.63, 3.8) is 0 Å². The number of rotatable bonds is 4. The molecule has 1 aromatic carbocycles. The van der Waals surface area contributed by atoms with Crippen LogP contribution in [0.5, 0.6) is 0 Å². The number of anilines is 2. The maximum absolute atomic E-state index is 12.3. The van der Waals surface area contributed by atoms with E-state index < -0.39 is 10.0 Å². The van der Waals surface area contributed by atoms with Crippen LogP contribution in [0.2, 0.25) is 10.0 Å². The average molecular weight is 346 g/mol. The molecule has 0 aliphatic rings. The first-order valence-electron chi connectivity index (χ1n) is 5.96. The van der Waals surface area contributed by atoms with Crippen LogP contribution in [0, 0.1) is 6.92 Å². The van der Waals surface area contributed by atoms with Crippen molar-refractivity contribution in [1.82, 2.24) is 4.98 Å². The van der Waals surface area contributed by atoms with Crippen molar-refractivity contribution in [2.75, 3.05) is 17.1 Å². The highest BCUT2D eigenvalue weighted by Gasteiger charge is 2.18. The summed E-state index contributed by atoms with van der Waals surface area (Å²) in [5.41, 5.74) is 1.06. The third-order valence-corrected chi connectivity index (χ3v) is 4.91. The molecule has 0 unspecified atom stereocenters. The molecule has 5 nitrogen and oxygen atoms in total. The molecule has 112 valence electrons. The molecule has 21 heavy (non-hydrogen) atoms. The third kappa shape index (κ3) is 3.40. The van der Waals surface area contributed by atoms with E-state index in [2.05, 4.69) is 15.0 Å². The Bertz CT molecular complexity index is 779. The molecule has 2 N–H and O–H groups in total. The Kier molecular flexibility index (Phi) is 4.61. The largest absolute Gasteiger partial charge is 0.372 e. The maximum Gasteiger partial charge on any atom is 0.263 e. The summed E-state index contributed by atoms with van der Waals surface area (Å²) < 4.78 is 27.2. The number of pyridine rings is 1. The first kappa shape index (κ1) is 15.9. The number of benzene rings is 1. The molecule has 1 heterocycles. The second-order valence-electron chi connectivity index (χ2n) is 4.27. The maximum atomic E-state index is 12.3. The van der Waals surface area contributed by atoms with Gasteiger partial charge in [-0.25, -0.2) is 13.4 Å². The fourth-order valence-electron chi connectivity index (χ4n) is 1.67. The Morgan fingerprint density at radius 3 is 2.52 bits per heavy atom. The van der Waals surface area contributed by atoms with Crippen molar-refractivity contribution in [2.45, 2.75) is 11.8 Å². The fraction of sp³-hybridized carbons (Fsp3) is 0.154. The van der Waals surface area contributed by atoms with Crippen LogP contribution in [0.1, 0.15) is 5.56 Å². The first-order chi connectivity index (χ1) is 9.85. The first-order valence-corrected chi connectivity index (χ1v) is 8.20.